The van der Waals surface area contributed by atoms with Crippen molar-refractivity contribution in [2.45, 2.75) is 92.9 Å². The minimum Gasteiger partial charge on any atom is -0.394 e. The molecule has 31 heavy (non-hydrogen) atoms. The third kappa shape index (κ3) is 5.02. The van der Waals surface area contributed by atoms with Crippen LogP contribution in [0.25, 0.3) is 0 Å². The highest BCUT2D eigenvalue weighted by Crippen LogP contribution is 2.31. The van der Waals surface area contributed by atoms with Crippen molar-refractivity contribution in [1.82, 2.24) is 0 Å². The first-order valence-electron chi connectivity index (χ1n) is 9.85. The summed E-state index contributed by atoms with van der Waals surface area (Å²) >= 11 is 0. The second-order valence-electron chi connectivity index (χ2n) is 7.87. The molecule has 3 heterocycles. The van der Waals surface area contributed by atoms with Crippen LogP contribution in [0.3, 0.4) is 0 Å². The molecule has 0 saturated carbocycles. The van der Waals surface area contributed by atoms with E-state index < -0.39 is 92.6 Å². The van der Waals surface area contributed by atoms with Crippen LogP contribution in [-0.2, 0) is 23.7 Å². The van der Waals surface area contributed by atoms with Crippen LogP contribution < -0.4 is 0 Å². The molecule has 14 nitrogen and oxygen atoms in total. The molecule has 0 amide bonds. The van der Waals surface area contributed by atoms with Gasteiger partial charge in [0.15, 0.2) is 18.9 Å². The van der Waals surface area contributed by atoms with E-state index in [0.29, 0.717) is 0 Å². The lowest BCUT2D eigenvalue weighted by molar-refractivity contribution is -0.379. The molecule has 9 N–H and O–H groups in total. The van der Waals surface area contributed by atoms with Crippen molar-refractivity contribution in [3.8, 4) is 0 Å². The molecule has 3 aliphatic heterocycles. The van der Waals surface area contributed by atoms with Crippen LogP contribution in [0, 0.1) is 0 Å². The SMILES string of the molecule is C[C@@H]1O[C@@H](O[C@H]2[C@@H](O[C@@H]3COC(O)[C@H](O)[C@H]3O)O[C@H](CO)[C@H](O)[C@@H]2O)[C@H](O)[C@H](O)[C@H]1O. The molecule has 0 spiro atoms. The quantitative estimate of drug-likeness (QED) is 0.187. The van der Waals surface area contributed by atoms with Gasteiger partial charge in [-0.3, -0.25) is 0 Å². The first-order valence-corrected chi connectivity index (χ1v) is 9.85. The second kappa shape index (κ2) is 10.1. The molecule has 3 aliphatic rings. The van der Waals surface area contributed by atoms with Crippen LogP contribution in [0.1, 0.15) is 6.92 Å². The zero-order valence-corrected chi connectivity index (χ0v) is 16.6. The molecule has 182 valence electrons. The maximum atomic E-state index is 10.5. The Balaban J connectivity index is 1.77. The Morgan fingerprint density at radius 1 is 0.710 bits per heavy atom. The summed E-state index contributed by atoms with van der Waals surface area (Å²) in [6, 6.07) is 0. The Kier molecular flexibility index (Phi) is 8.21. The Labute approximate surface area is 176 Å². The van der Waals surface area contributed by atoms with Gasteiger partial charge in [0.1, 0.15) is 61.0 Å². The maximum absolute atomic E-state index is 10.5. The van der Waals surface area contributed by atoms with E-state index in [9.17, 15) is 46.0 Å². The zero-order valence-electron chi connectivity index (χ0n) is 16.6. The van der Waals surface area contributed by atoms with Crippen molar-refractivity contribution in [2.24, 2.45) is 0 Å². The summed E-state index contributed by atoms with van der Waals surface area (Å²) in [5, 5.41) is 89.4. The number of aliphatic hydroxyl groups is 9. The van der Waals surface area contributed by atoms with Gasteiger partial charge in [0.2, 0.25) is 0 Å². The third-order valence-corrected chi connectivity index (χ3v) is 5.69. The summed E-state index contributed by atoms with van der Waals surface area (Å²) in [7, 11) is 0. The molecule has 3 saturated heterocycles. The van der Waals surface area contributed by atoms with Crippen LogP contribution >= 0.6 is 0 Å². The summed E-state index contributed by atoms with van der Waals surface area (Å²) in [4.78, 5) is 0. The van der Waals surface area contributed by atoms with Gasteiger partial charge in [-0.15, -0.1) is 0 Å². The van der Waals surface area contributed by atoms with Crippen LogP contribution in [0.5, 0.6) is 0 Å². The summed E-state index contributed by atoms with van der Waals surface area (Å²) in [6.07, 6.45) is -21.3. The fraction of sp³-hybridized carbons (Fsp3) is 1.00. The number of ether oxygens (including phenoxy) is 5. The molecule has 14 heteroatoms. The van der Waals surface area contributed by atoms with Gasteiger partial charge in [-0.25, -0.2) is 0 Å². The molecule has 1 unspecified atom stereocenters. The topological polar surface area (TPSA) is 228 Å². The Hall–Kier alpha value is -0.560. The predicted octanol–water partition coefficient (Wildman–Crippen LogP) is -5.91. The average Bonchev–Trinajstić information content (AvgIpc) is 2.75. The van der Waals surface area contributed by atoms with Crippen LogP contribution in [0.2, 0.25) is 0 Å². The lowest BCUT2D eigenvalue weighted by Crippen LogP contribution is -2.65. The molecule has 3 fully saturated rings. The van der Waals surface area contributed by atoms with Gasteiger partial charge in [0.05, 0.1) is 19.3 Å². The summed E-state index contributed by atoms with van der Waals surface area (Å²) in [5.74, 6) is 0. The summed E-state index contributed by atoms with van der Waals surface area (Å²) in [5.41, 5.74) is 0. The Morgan fingerprint density at radius 3 is 2.03 bits per heavy atom. The second-order valence-corrected chi connectivity index (χ2v) is 7.87. The van der Waals surface area contributed by atoms with Gasteiger partial charge in [0, 0.05) is 0 Å². The van der Waals surface area contributed by atoms with E-state index in [2.05, 4.69) is 0 Å². The van der Waals surface area contributed by atoms with Crippen molar-refractivity contribution in [2.75, 3.05) is 13.2 Å². The molecule has 0 aliphatic carbocycles. The molecule has 0 aromatic rings. The Morgan fingerprint density at radius 2 is 1.39 bits per heavy atom. The van der Waals surface area contributed by atoms with E-state index in [0.717, 1.165) is 0 Å². The van der Waals surface area contributed by atoms with Crippen molar-refractivity contribution in [3.63, 3.8) is 0 Å². The smallest absolute Gasteiger partial charge is 0.187 e. The van der Waals surface area contributed by atoms with E-state index >= 15 is 0 Å². The fourth-order valence-electron chi connectivity index (χ4n) is 3.66. The van der Waals surface area contributed by atoms with E-state index in [1.807, 2.05) is 0 Å². The normalized spacial score (nSPS) is 54.0. The molecule has 0 aromatic heterocycles. The van der Waals surface area contributed by atoms with E-state index in [-0.39, 0.29) is 6.61 Å². The molecule has 14 atom stereocenters. The molecular weight excluding hydrogens is 428 g/mol. The number of hydrogen-bond donors (Lipinski definition) is 9. The number of rotatable bonds is 5. The van der Waals surface area contributed by atoms with Crippen LogP contribution in [0.15, 0.2) is 0 Å². The van der Waals surface area contributed by atoms with Gasteiger partial charge < -0.3 is 69.6 Å². The molecule has 0 aromatic carbocycles. The van der Waals surface area contributed by atoms with Gasteiger partial charge in [-0.2, -0.15) is 0 Å². The van der Waals surface area contributed by atoms with Crippen LogP contribution in [0.4, 0.5) is 0 Å². The van der Waals surface area contributed by atoms with Crippen LogP contribution in [-0.4, -0.2) is 145 Å². The highest BCUT2D eigenvalue weighted by atomic mass is 16.8. The lowest BCUT2D eigenvalue weighted by atomic mass is 9.97. The predicted molar refractivity (Wildman–Crippen MR) is 93.8 cm³/mol. The van der Waals surface area contributed by atoms with E-state index in [1.165, 1.54) is 6.92 Å². The van der Waals surface area contributed by atoms with Crippen molar-refractivity contribution >= 4 is 0 Å². The van der Waals surface area contributed by atoms with Crippen molar-refractivity contribution in [1.29, 1.82) is 0 Å². The molecular formula is C17H30O14. The van der Waals surface area contributed by atoms with E-state index in [4.69, 9.17) is 23.7 Å². The van der Waals surface area contributed by atoms with Crippen molar-refractivity contribution in [3.05, 3.63) is 0 Å². The van der Waals surface area contributed by atoms with Gasteiger partial charge >= 0.3 is 0 Å². The fourth-order valence-corrected chi connectivity index (χ4v) is 3.66. The van der Waals surface area contributed by atoms with Gasteiger partial charge in [0.25, 0.3) is 0 Å². The first kappa shape index (κ1) is 25.1. The standard InChI is InChI=1S/C17H30O14/c1-4-7(19)10(22)13(25)16(28-4)31-14-11(23)8(20)5(2-18)29-17(14)30-6-3-27-15(26)12(24)9(6)21/h4-26H,2-3H2,1H3/t4-,5+,6+,7-,8-,9-,10+,11-,12+,13+,14+,15?,16-,17+/m0/s1. The maximum Gasteiger partial charge on any atom is 0.187 e. The lowest BCUT2D eigenvalue weighted by Gasteiger charge is -2.47. The Bertz CT molecular complexity index is 581. The molecule has 0 bridgehead atoms. The zero-order chi connectivity index (χ0) is 23.0. The minimum absolute atomic E-state index is 0.376. The molecule has 3 rings (SSSR count). The highest BCUT2D eigenvalue weighted by Gasteiger charge is 2.52. The third-order valence-electron chi connectivity index (χ3n) is 5.69. The van der Waals surface area contributed by atoms with E-state index in [1.54, 1.807) is 0 Å². The first-order chi connectivity index (χ1) is 14.6. The minimum atomic E-state index is -1.73. The van der Waals surface area contributed by atoms with Gasteiger partial charge in [-0.05, 0) is 6.92 Å². The number of hydrogen-bond acceptors (Lipinski definition) is 14. The summed E-state index contributed by atoms with van der Waals surface area (Å²) in [6.45, 7) is 0.330. The van der Waals surface area contributed by atoms with Gasteiger partial charge in [-0.1, -0.05) is 0 Å². The monoisotopic (exact) mass is 458 g/mol. The largest absolute Gasteiger partial charge is 0.394 e. The molecule has 0 radical (unpaired) electrons. The van der Waals surface area contributed by atoms with Crippen molar-refractivity contribution < 1.29 is 69.6 Å². The average molecular weight is 458 g/mol. The highest BCUT2D eigenvalue weighted by molar-refractivity contribution is 4.94. The summed E-state index contributed by atoms with van der Waals surface area (Å²) < 4.78 is 26.7. The number of aliphatic hydroxyl groups excluding tert-OH is 9.